The lowest BCUT2D eigenvalue weighted by atomic mass is 10.2. The summed E-state index contributed by atoms with van der Waals surface area (Å²) in [6, 6.07) is 7.64. The molecular weight excluding hydrogens is 326 g/mol. The van der Waals surface area contributed by atoms with E-state index >= 15 is 0 Å². The number of nitrogens with zero attached hydrogens (tertiary/aromatic N) is 1. The van der Waals surface area contributed by atoms with E-state index in [0.29, 0.717) is 17.9 Å². The predicted octanol–water partition coefficient (Wildman–Crippen LogP) is 1.13. The number of rotatable bonds is 7. The highest BCUT2D eigenvalue weighted by atomic mass is 16.5. The molecule has 2 rings (SSSR count). The van der Waals surface area contributed by atoms with Crippen molar-refractivity contribution in [2.45, 2.75) is 26.3 Å². The van der Waals surface area contributed by atoms with Gasteiger partial charge < -0.3 is 14.6 Å². The Balaban J connectivity index is 1.95. The number of anilines is 1. The minimum atomic E-state index is -0.569. The van der Waals surface area contributed by atoms with Crippen LogP contribution in [-0.4, -0.2) is 28.0 Å². The molecule has 1 aromatic heterocycles. The topological polar surface area (TPSA) is 110 Å². The summed E-state index contributed by atoms with van der Waals surface area (Å²) >= 11 is 0. The van der Waals surface area contributed by atoms with Crippen LogP contribution in [0.25, 0.3) is 0 Å². The molecule has 1 aromatic carbocycles. The van der Waals surface area contributed by atoms with Gasteiger partial charge in [-0.05, 0) is 24.6 Å². The minimum Gasteiger partial charge on any atom is -0.462 e. The smallest absolute Gasteiger partial charge is 0.338 e. The van der Waals surface area contributed by atoms with Crippen molar-refractivity contribution >= 4 is 17.6 Å². The number of benzene rings is 1. The summed E-state index contributed by atoms with van der Waals surface area (Å²) in [5, 5.41) is 2.66. The maximum absolute atomic E-state index is 12.0. The summed E-state index contributed by atoms with van der Waals surface area (Å²) in [5.41, 5.74) is -0.244. The Bertz CT molecular complexity index is 869. The number of aryl methyl sites for hydroxylation is 1. The number of hydrogen-bond donors (Lipinski definition) is 2. The predicted molar refractivity (Wildman–Crippen MR) is 91.6 cm³/mol. The summed E-state index contributed by atoms with van der Waals surface area (Å²) in [6.45, 7) is 2.36. The highest BCUT2D eigenvalue weighted by molar-refractivity contribution is 5.94. The van der Waals surface area contributed by atoms with E-state index in [-0.39, 0.29) is 18.9 Å². The van der Waals surface area contributed by atoms with Crippen LogP contribution in [0.5, 0.6) is 0 Å². The molecule has 8 nitrogen and oxygen atoms in total. The largest absolute Gasteiger partial charge is 0.462 e. The lowest BCUT2D eigenvalue weighted by Crippen LogP contribution is -2.29. The zero-order chi connectivity index (χ0) is 18.2. The van der Waals surface area contributed by atoms with Gasteiger partial charge in [0.25, 0.3) is 5.56 Å². The van der Waals surface area contributed by atoms with Crippen molar-refractivity contribution in [3.8, 4) is 0 Å². The summed E-state index contributed by atoms with van der Waals surface area (Å²) < 4.78 is 6.28. The van der Waals surface area contributed by atoms with Gasteiger partial charge in [0.1, 0.15) is 0 Å². The molecule has 0 aliphatic rings. The van der Waals surface area contributed by atoms with Crippen molar-refractivity contribution in [3.63, 3.8) is 0 Å². The van der Waals surface area contributed by atoms with Crippen molar-refractivity contribution in [1.29, 1.82) is 0 Å². The standard InChI is InChI=1S/C17H19N3O5/c1-2-10-25-16(23)12-4-3-5-13(11-12)18-14(21)6-8-20-9-7-15(22)19-17(20)24/h3-5,7,9,11H,2,6,8,10H2,1H3,(H,18,21)(H,19,22,24). The molecule has 0 atom stereocenters. The number of nitrogens with one attached hydrogen (secondary N) is 2. The summed E-state index contributed by atoms with van der Waals surface area (Å²) in [4.78, 5) is 48.5. The summed E-state index contributed by atoms with van der Waals surface area (Å²) in [6.07, 6.45) is 2.10. The molecule has 25 heavy (non-hydrogen) atoms. The van der Waals surface area contributed by atoms with Crippen molar-refractivity contribution in [3.05, 3.63) is 62.9 Å². The van der Waals surface area contributed by atoms with Gasteiger partial charge in [0.05, 0.1) is 12.2 Å². The first-order chi connectivity index (χ1) is 12.0. The number of esters is 1. The first kappa shape index (κ1) is 18.2. The van der Waals surface area contributed by atoms with Gasteiger partial charge in [0, 0.05) is 30.9 Å². The first-order valence-corrected chi connectivity index (χ1v) is 7.86. The number of H-pyrrole nitrogens is 1. The van der Waals surface area contributed by atoms with Gasteiger partial charge in [0.15, 0.2) is 0 Å². The summed E-state index contributed by atoms with van der Waals surface area (Å²) in [7, 11) is 0. The van der Waals surface area contributed by atoms with Crippen LogP contribution in [0.4, 0.5) is 5.69 Å². The Morgan fingerprint density at radius 2 is 2.04 bits per heavy atom. The molecule has 0 unspecified atom stereocenters. The van der Waals surface area contributed by atoms with E-state index in [9.17, 15) is 19.2 Å². The van der Waals surface area contributed by atoms with Gasteiger partial charge in [-0.3, -0.25) is 14.6 Å². The van der Waals surface area contributed by atoms with E-state index in [2.05, 4.69) is 10.3 Å². The van der Waals surface area contributed by atoms with Crippen molar-refractivity contribution in [2.75, 3.05) is 11.9 Å². The number of aromatic nitrogens is 2. The van der Waals surface area contributed by atoms with Gasteiger partial charge in [-0.15, -0.1) is 0 Å². The molecule has 8 heteroatoms. The Morgan fingerprint density at radius 1 is 1.24 bits per heavy atom. The fourth-order valence-corrected chi connectivity index (χ4v) is 2.07. The van der Waals surface area contributed by atoms with Crippen LogP contribution in [0, 0.1) is 0 Å². The Labute approximate surface area is 143 Å². The number of ether oxygens (including phenoxy) is 1. The second-order valence-corrected chi connectivity index (χ2v) is 5.32. The van der Waals surface area contributed by atoms with Crippen LogP contribution in [0.1, 0.15) is 30.1 Å². The van der Waals surface area contributed by atoms with Gasteiger partial charge in [-0.2, -0.15) is 0 Å². The van der Waals surface area contributed by atoms with E-state index in [4.69, 9.17) is 4.74 Å². The van der Waals surface area contributed by atoms with Crippen LogP contribution in [0.2, 0.25) is 0 Å². The molecule has 0 aliphatic heterocycles. The zero-order valence-corrected chi connectivity index (χ0v) is 13.8. The first-order valence-electron chi connectivity index (χ1n) is 7.86. The molecule has 0 saturated heterocycles. The number of amides is 1. The normalized spacial score (nSPS) is 10.3. The maximum atomic E-state index is 12.0. The van der Waals surface area contributed by atoms with Crippen LogP contribution in [-0.2, 0) is 16.1 Å². The average Bonchev–Trinajstić information content (AvgIpc) is 2.59. The minimum absolute atomic E-state index is 0.0382. The van der Waals surface area contributed by atoms with Crippen molar-refractivity contribution < 1.29 is 14.3 Å². The van der Waals surface area contributed by atoms with E-state index in [1.54, 1.807) is 18.2 Å². The van der Waals surface area contributed by atoms with Gasteiger partial charge in [-0.25, -0.2) is 9.59 Å². The van der Waals surface area contributed by atoms with Gasteiger partial charge >= 0.3 is 11.7 Å². The summed E-state index contributed by atoms with van der Waals surface area (Å²) in [5.74, 6) is -0.769. The third kappa shape index (κ3) is 5.45. The SMILES string of the molecule is CCCOC(=O)c1cccc(NC(=O)CCn2ccc(=O)[nH]c2=O)c1. The van der Waals surface area contributed by atoms with Gasteiger partial charge in [-0.1, -0.05) is 13.0 Å². The molecule has 0 fully saturated rings. The van der Waals surface area contributed by atoms with Crippen molar-refractivity contribution in [1.82, 2.24) is 9.55 Å². The van der Waals surface area contributed by atoms with E-state index in [0.717, 1.165) is 6.42 Å². The lowest BCUT2D eigenvalue weighted by molar-refractivity contribution is -0.116. The van der Waals surface area contributed by atoms with E-state index in [1.165, 1.54) is 22.9 Å². The molecule has 1 amide bonds. The number of carbonyl (C=O) groups is 2. The molecule has 0 radical (unpaired) electrons. The quantitative estimate of drug-likeness (QED) is 0.731. The highest BCUT2D eigenvalue weighted by Crippen LogP contribution is 2.12. The van der Waals surface area contributed by atoms with Crippen LogP contribution < -0.4 is 16.6 Å². The zero-order valence-electron chi connectivity index (χ0n) is 13.8. The van der Waals surface area contributed by atoms with Gasteiger partial charge in [0.2, 0.25) is 5.91 Å². The fraction of sp³-hybridized carbons (Fsp3) is 0.294. The average molecular weight is 345 g/mol. The molecule has 0 saturated carbocycles. The van der Waals surface area contributed by atoms with E-state index in [1.807, 2.05) is 6.92 Å². The second-order valence-electron chi connectivity index (χ2n) is 5.32. The van der Waals surface area contributed by atoms with Crippen molar-refractivity contribution in [2.24, 2.45) is 0 Å². The molecule has 0 spiro atoms. The number of hydrogen-bond acceptors (Lipinski definition) is 5. The Kier molecular flexibility index (Phi) is 6.27. The lowest BCUT2D eigenvalue weighted by Gasteiger charge is -2.08. The van der Waals surface area contributed by atoms with Crippen LogP contribution in [0.15, 0.2) is 46.1 Å². The third-order valence-corrected chi connectivity index (χ3v) is 3.30. The molecule has 0 aliphatic carbocycles. The molecule has 132 valence electrons. The molecule has 1 heterocycles. The van der Waals surface area contributed by atoms with Crippen LogP contribution >= 0.6 is 0 Å². The molecule has 2 aromatic rings. The Hall–Kier alpha value is -3.16. The fourth-order valence-electron chi connectivity index (χ4n) is 2.07. The number of carbonyl (C=O) groups excluding carboxylic acids is 2. The van der Waals surface area contributed by atoms with E-state index < -0.39 is 17.2 Å². The second kappa shape index (κ2) is 8.62. The molecule has 2 N–H and O–H groups in total. The highest BCUT2D eigenvalue weighted by Gasteiger charge is 2.09. The molecular formula is C17H19N3O5. The van der Waals surface area contributed by atoms with Crippen LogP contribution in [0.3, 0.4) is 0 Å². The Morgan fingerprint density at radius 3 is 2.76 bits per heavy atom. The maximum Gasteiger partial charge on any atom is 0.338 e. The third-order valence-electron chi connectivity index (χ3n) is 3.30. The molecule has 0 bridgehead atoms. The number of aromatic amines is 1. The monoisotopic (exact) mass is 345 g/mol.